The van der Waals surface area contributed by atoms with E-state index < -0.39 is 5.97 Å². The van der Waals surface area contributed by atoms with Crippen LogP contribution >= 0.6 is 0 Å². The Bertz CT molecular complexity index is 337. The monoisotopic (exact) mass is 235 g/mol. The lowest BCUT2D eigenvalue weighted by atomic mass is 9.43. The number of aliphatic carboxylic acids is 1. The van der Waals surface area contributed by atoms with Gasteiger partial charge in [-0.2, -0.15) is 0 Å². The molecule has 1 unspecified atom stereocenters. The van der Waals surface area contributed by atoms with Crippen LogP contribution in [-0.2, 0) is 4.79 Å². The van der Waals surface area contributed by atoms with Gasteiger partial charge in [-0.15, -0.1) is 0 Å². The summed E-state index contributed by atoms with van der Waals surface area (Å²) in [5, 5.41) is 12.9. The average molecular weight is 235 g/mol. The summed E-state index contributed by atoms with van der Waals surface area (Å²) in [5.74, 6) is 2.60. The Labute approximate surface area is 102 Å². The third-order valence-electron chi connectivity index (χ3n) is 6.38. The van der Waals surface area contributed by atoms with Gasteiger partial charge >= 0.3 is 5.97 Å². The molecular weight excluding hydrogens is 214 g/mol. The van der Waals surface area contributed by atoms with Crippen molar-refractivity contribution in [1.82, 2.24) is 5.32 Å². The molecule has 0 amide bonds. The fraction of sp³-hybridized carbons (Fsp3) is 0.929. The zero-order valence-electron chi connectivity index (χ0n) is 10.2. The Balaban J connectivity index is 1.75. The minimum atomic E-state index is -0.553. The highest BCUT2D eigenvalue weighted by Crippen LogP contribution is 2.65. The summed E-state index contributed by atoms with van der Waals surface area (Å²) >= 11 is 0. The Hall–Kier alpha value is -0.570. The van der Waals surface area contributed by atoms with Crippen molar-refractivity contribution in [2.24, 2.45) is 35.0 Å². The number of rotatable bonds is 1. The van der Waals surface area contributed by atoms with Gasteiger partial charge in [0.15, 0.2) is 0 Å². The fourth-order valence-corrected chi connectivity index (χ4v) is 5.98. The van der Waals surface area contributed by atoms with E-state index in [1.54, 1.807) is 0 Å². The third kappa shape index (κ3) is 1.19. The van der Waals surface area contributed by atoms with Crippen molar-refractivity contribution < 1.29 is 9.90 Å². The first-order valence-corrected chi connectivity index (χ1v) is 7.13. The van der Waals surface area contributed by atoms with Gasteiger partial charge in [0.25, 0.3) is 0 Å². The normalized spacial score (nSPS) is 55.6. The molecule has 1 atom stereocenters. The van der Waals surface area contributed by atoms with Gasteiger partial charge in [0.2, 0.25) is 0 Å². The van der Waals surface area contributed by atoms with Crippen molar-refractivity contribution in [3.05, 3.63) is 0 Å². The lowest BCUT2D eigenvalue weighted by Gasteiger charge is -2.61. The molecule has 1 saturated heterocycles. The molecule has 3 heteroatoms. The standard InChI is InChI=1S/C14H21NO2/c16-13(17)12-6-15-7-14(12)10-2-8-1-9(4-10)5-11(14)3-8/h8-12,15H,1-7H2,(H,16,17). The van der Waals surface area contributed by atoms with Gasteiger partial charge in [-0.3, -0.25) is 4.79 Å². The quantitative estimate of drug-likeness (QED) is 0.727. The first-order valence-electron chi connectivity index (χ1n) is 7.13. The first-order chi connectivity index (χ1) is 8.20. The van der Waals surface area contributed by atoms with Crippen LogP contribution in [0.1, 0.15) is 32.1 Å². The van der Waals surface area contributed by atoms with E-state index in [1.807, 2.05) is 0 Å². The summed E-state index contributed by atoms with van der Waals surface area (Å²) in [6.45, 7) is 1.68. The van der Waals surface area contributed by atoms with E-state index in [-0.39, 0.29) is 11.3 Å². The van der Waals surface area contributed by atoms with Gasteiger partial charge in [0, 0.05) is 18.5 Å². The number of hydrogen-bond donors (Lipinski definition) is 2. The molecule has 0 radical (unpaired) electrons. The highest BCUT2D eigenvalue weighted by molar-refractivity contribution is 5.72. The number of nitrogens with one attached hydrogen (secondary N) is 1. The van der Waals surface area contributed by atoms with Gasteiger partial charge < -0.3 is 10.4 Å². The third-order valence-corrected chi connectivity index (χ3v) is 6.38. The van der Waals surface area contributed by atoms with E-state index in [0.29, 0.717) is 18.4 Å². The van der Waals surface area contributed by atoms with Crippen molar-refractivity contribution in [3.8, 4) is 0 Å². The molecule has 1 heterocycles. The molecule has 0 aromatic carbocycles. The highest BCUT2D eigenvalue weighted by atomic mass is 16.4. The van der Waals surface area contributed by atoms with E-state index in [4.69, 9.17) is 0 Å². The maximum absolute atomic E-state index is 11.6. The summed E-state index contributed by atoms with van der Waals surface area (Å²) in [6, 6.07) is 0. The molecule has 1 spiro atoms. The van der Waals surface area contributed by atoms with E-state index in [0.717, 1.165) is 18.4 Å². The molecular formula is C14H21NO2. The van der Waals surface area contributed by atoms with Crippen LogP contribution in [-0.4, -0.2) is 24.2 Å². The van der Waals surface area contributed by atoms with Gasteiger partial charge in [0.1, 0.15) is 0 Å². The van der Waals surface area contributed by atoms with Crippen LogP contribution in [0.5, 0.6) is 0 Å². The van der Waals surface area contributed by atoms with Gasteiger partial charge in [-0.05, 0) is 55.8 Å². The van der Waals surface area contributed by atoms with Crippen LogP contribution in [0, 0.1) is 35.0 Å². The fourth-order valence-electron chi connectivity index (χ4n) is 5.98. The number of carboxylic acids is 1. The summed E-state index contributed by atoms with van der Waals surface area (Å²) in [5.41, 5.74) is 0.124. The van der Waals surface area contributed by atoms with Crippen LogP contribution in [0.15, 0.2) is 0 Å². The molecule has 0 aromatic rings. The molecule has 1 aliphatic heterocycles. The molecule has 2 N–H and O–H groups in total. The smallest absolute Gasteiger partial charge is 0.308 e. The lowest BCUT2D eigenvalue weighted by Crippen LogP contribution is -2.57. The van der Waals surface area contributed by atoms with E-state index in [9.17, 15) is 9.90 Å². The highest BCUT2D eigenvalue weighted by Gasteiger charge is 2.63. The second kappa shape index (κ2) is 3.25. The molecule has 0 aromatic heterocycles. The second-order valence-electron chi connectivity index (χ2n) is 6.94. The van der Waals surface area contributed by atoms with Crippen molar-refractivity contribution >= 4 is 5.97 Å². The van der Waals surface area contributed by atoms with Crippen LogP contribution < -0.4 is 5.32 Å². The molecule has 3 nitrogen and oxygen atoms in total. The van der Waals surface area contributed by atoms with E-state index in [1.165, 1.54) is 32.1 Å². The van der Waals surface area contributed by atoms with Gasteiger partial charge in [0.05, 0.1) is 5.92 Å². The second-order valence-corrected chi connectivity index (χ2v) is 6.94. The van der Waals surface area contributed by atoms with E-state index >= 15 is 0 Å². The SMILES string of the molecule is O=C(O)C1CNCC12C1CC3CC(C1)CC2C3. The summed E-state index contributed by atoms with van der Waals surface area (Å²) < 4.78 is 0. The van der Waals surface area contributed by atoms with Crippen molar-refractivity contribution in [2.45, 2.75) is 32.1 Å². The molecule has 4 bridgehead atoms. The molecule has 5 aliphatic rings. The predicted molar refractivity (Wildman–Crippen MR) is 63.5 cm³/mol. The number of carbonyl (C=O) groups is 1. The predicted octanol–water partition coefficient (Wildman–Crippen LogP) is 1.73. The first kappa shape index (κ1) is 10.4. The van der Waals surface area contributed by atoms with Crippen LogP contribution in [0.3, 0.4) is 0 Å². The van der Waals surface area contributed by atoms with Crippen molar-refractivity contribution in [2.75, 3.05) is 13.1 Å². The Morgan fingerprint density at radius 2 is 1.65 bits per heavy atom. The molecule has 4 aliphatic carbocycles. The maximum atomic E-state index is 11.6. The van der Waals surface area contributed by atoms with Crippen LogP contribution in [0.25, 0.3) is 0 Å². The van der Waals surface area contributed by atoms with Crippen LogP contribution in [0.4, 0.5) is 0 Å². The Morgan fingerprint density at radius 1 is 1.06 bits per heavy atom. The van der Waals surface area contributed by atoms with Crippen molar-refractivity contribution in [3.63, 3.8) is 0 Å². The van der Waals surface area contributed by atoms with E-state index in [2.05, 4.69) is 5.32 Å². The lowest BCUT2D eigenvalue weighted by molar-refractivity contribution is -0.162. The molecule has 94 valence electrons. The number of hydrogen-bond acceptors (Lipinski definition) is 2. The van der Waals surface area contributed by atoms with Gasteiger partial charge in [-0.1, -0.05) is 0 Å². The summed E-state index contributed by atoms with van der Waals surface area (Å²) in [4.78, 5) is 11.6. The molecule has 4 saturated carbocycles. The molecule has 5 rings (SSSR count). The van der Waals surface area contributed by atoms with Crippen molar-refractivity contribution in [1.29, 1.82) is 0 Å². The minimum Gasteiger partial charge on any atom is -0.481 e. The summed E-state index contributed by atoms with van der Waals surface area (Å²) in [6.07, 6.45) is 6.71. The topological polar surface area (TPSA) is 49.3 Å². The maximum Gasteiger partial charge on any atom is 0.308 e. The Morgan fingerprint density at radius 3 is 2.18 bits per heavy atom. The van der Waals surface area contributed by atoms with Crippen LogP contribution in [0.2, 0.25) is 0 Å². The Kier molecular flexibility index (Phi) is 1.98. The number of carboxylic acid groups (broad SMARTS) is 1. The summed E-state index contributed by atoms with van der Waals surface area (Å²) in [7, 11) is 0. The zero-order valence-corrected chi connectivity index (χ0v) is 10.2. The zero-order chi connectivity index (χ0) is 11.6. The molecule has 5 fully saturated rings. The van der Waals surface area contributed by atoms with Gasteiger partial charge in [-0.25, -0.2) is 0 Å². The average Bonchev–Trinajstić information content (AvgIpc) is 2.70. The molecule has 17 heavy (non-hydrogen) atoms. The minimum absolute atomic E-state index is 0.113. The largest absolute Gasteiger partial charge is 0.481 e.